The maximum Gasteiger partial charge on any atom is 1.00 e. The first-order valence-electron chi connectivity index (χ1n) is 21.8. The first kappa shape index (κ1) is 58.5. The number of carbonyl (C=O) groups is 5. The number of rotatable bonds is 8. The van der Waals surface area contributed by atoms with Gasteiger partial charge in [0, 0.05) is 86.8 Å². The molecule has 0 unspecified atom stereocenters. The second kappa shape index (κ2) is 27.7. The molecule has 22 heteroatoms. The molecule has 3 aliphatic heterocycles. The summed E-state index contributed by atoms with van der Waals surface area (Å²) in [4.78, 5) is 83.9. The van der Waals surface area contributed by atoms with Crippen LogP contribution in [0.3, 0.4) is 0 Å². The molecule has 2 atom stereocenters. The minimum Gasteiger partial charge on any atom is -0.662 e. The molecule has 5 aromatic rings. The molecule has 6 heterocycles. The number of aliphatic imine (C=N–C) groups is 1. The van der Waals surface area contributed by atoms with Gasteiger partial charge in [-0.25, -0.2) is 34.2 Å². The molecule has 2 aromatic carbocycles. The van der Waals surface area contributed by atoms with Crippen molar-refractivity contribution >= 4 is 48.0 Å². The second-order valence-electron chi connectivity index (χ2n) is 15.7. The standard InChI is InChI=1S/C24H23N5O4.C20H18ClN3O4.C5H7N.CH2O3.Cs/c1-4-33-22(30)19-13-20(29-15-16(2)14-25-29)27-21(26-19)18-7-5-6-17(12-18)8-9-24(32)10-11-28(3)23(24)31;1-3-28-18(25)15-12-16(21)23-17(22-15)14-6-4-5-13(11-14)7-8-20(27)9-10-24(2)19(20)26;1-5-2-3-6-4-5;2-1-4-3;/h5-7,12-15,32H,4,10-11H2,1-3H3;4-6,11-12,27H,3,9-10H2,1-2H3;2,4H,3H2,1H3;1,3H;/q;;;;+1/p-1/t24-;20-;;;/m00.../s1. The summed E-state index contributed by atoms with van der Waals surface area (Å²) in [6.45, 7) is 9.44. The Morgan fingerprint density at radius 3 is 1.69 bits per heavy atom. The molecular formula is C50H49ClCsN9O11. The van der Waals surface area contributed by atoms with Gasteiger partial charge in [0.15, 0.2) is 28.9 Å². The molecule has 2 saturated heterocycles. The maximum atomic E-state index is 12.4. The van der Waals surface area contributed by atoms with E-state index in [-0.39, 0.29) is 124 Å². The van der Waals surface area contributed by atoms with Crippen LogP contribution in [0.1, 0.15) is 71.3 Å². The van der Waals surface area contributed by atoms with Crippen LogP contribution in [0, 0.1) is 30.6 Å². The van der Waals surface area contributed by atoms with Gasteiger partial charge < -0.3 is 39.6 Å². The Morgan fingerprint density at radius 1 is 0.806 bits per heavy atom. The van der Waals surface area contributed by atoms with E-state index in [0.29, 0.717) is 47.0 Å². The SMILES string of the molecule is CC1=CCN=C1.CCOC(=O)c1cc(-n2cc(C)cn2)nc(-c2cccc(C#C[C@]3(O)CCN(C)C3=O)c2)n1.CCOC(=O)c1cc(Cl)nc(-c2cccc(C#C[C@]3(O)CCN(C)C3=O)c2)n1.O=CO[O-].[Cs+]. The number of aliphatic hydroxyl groups is 2. The fraction of sp³-hybridized carbons (Fsp3) is 0.300. The number of aromatic nitrogens is 6. The molecule has 0 saturated carbocycles. The number of nitrogens with zero attached hydrogens (tertiary/aromatic N) is 9. The molecule has 0 aliphatic carbocycles. The fourth-order valence-electron chi connectivity index (χ4n) is 6.59. The van der Waals surface area contributed by atoms with E-state index in [1.165, 1.54) is 27.5 Å². The summed E-state index contributed by atoms with van der Waals surface area (Å²) in [5, 5.41) is 33.8. The Balaban J connectivity index is 0.000000261. The fourth-order valence-corrected chi connectivity index (χ4v) is 6.78. The van der Waals surface area contributed by atoms with E-state index in [1.807, 2.05) is 13.1 Å². The van der Waals surface area contributed by atoms with Crippen LogP contribution in [0.25, 0.3) is 28.6 Å². The summed E-state index contributed by atoms with van der Waals surface area (Å²) < 4.78 is 11.6. The van der Waals surface area contributed by atoms with E-state index in [1.54, 1.807) is 93.5 Å². The van der Waals surface area contributed by atoms with Gasteiger partial charge in [-0.05, 0) is 63.1 Å². The molecule has 3 aliphatic rings. The van der Waals surface area contributed by atoms with Crippen LogP contribution < -0.4 is 74.2 Å². The first-order valence-corrected chi connectivity index (χ1v) is 22.2. The zero-order valence-corrected chi connectivity index (χ0v) is 47.6. The van der Waals surface area contributed by atoms with Crippen molar-refractivity contribution in [1.82, 2.24) is 39.5 Å². The van der Waals surface area contributed by atoms with Gasteiger partial charge in [-0.15, -0.1) is 0 Å². The number of hydrogen-bond acceptors (Lipinski definition) is 17. The molecule has 0 spiro atoms. The van der Waals surface area contributed by atoms with Crippen molar-refractivity contribution in [3.8, 4) is 52.3 Å². The van der Waals surface area contributed by atoms with Crippen molar-refractivity contribution in [1.29, 1.82) is 0 Å². The Morgan fingerprint density at radius 2 is 1.31 bits per heavy atom. The van der Waals surface area contributed by atoms with Gasteiger partial charge >= 0.3 is 80.8 Å². The van der Waals surface area contributed by atoms with Crippen molar-refractivity contribution in [2.45, 2.75) is 51.7 Å². The Bertz CT molecular complexity index is 2980. The Hall–Kier alpha value is -6.09. The number of ether oxygens (including phenoxy) is 2. The predicted octanol–water partition coefficient (Wildman–Crippen LogP) is 0.133. The third kappa shape index (κ3) is 16.2. The van der Waals surface area contributed by atoms with Crippen LogP contribution in [0.2, 0.25) is 5.15 Å². The molecular weight excluding hydrogens is 1070 g/mol. The van der Waals surface area contributed by atoms with E-state index in [0.717, 1.165) is 12.1 Å². The third-order valence-electron chi connectivity index (χ3n) is 10.3. The molecule has 8 rings (SSSR count). The van der Waals surface area contributed by atoms with Crippen molar-refractivity contribution < 1.29 is 123 Å². The van der Waals surface area contributed by atoms with E-state index in [2.05, 4.69) is 71.6 Å². The summed E-state index contributed by atoms with van der Waals surface area (Å²) in [5.74, 6) is 10.1. The molecule has 2 amide bonds. The minimum atomic E-state index is -1.68. The van der Waals surface area contributed by atoms with Crippen molar-refractivity contribution in [3.05, 3.63) is 118 Å². The monoisotopic (exact) mass is 1120 g/mol. The third-order valence-corrected chi connectivity index (χ3v) is 10.5. The van der Waals surface area contributed by atoms with Crippen molar-refractivity contribution in [2.24, 2.45) is 4.99 Å². The van der Waals surface area contributed by atoms with E-state index < -0.39 is 35.0 Å². The maximum absolute atomic E-state index is 12.4. The molecule has 20 nitrogen and oxygen atoms in total. The molecule has 2 fully saturated rings. The largest absolute Gasteiger partial charge is 1.00 e. The van der Waals surface area contributed by atoms with Crippen LogP contribution >= 0.6 is 11.6 Å². The number of amides is 2. The number of likely N-dealkylation sites (tertiary alicyclic amines) is 2. The van der Waals surface area contributed by atoms with Crippen LogP contribution in [0.5, 0.6) is 0 Å². The minimum absolute atomic E-state index is 0. The predicted molar refractivity (Wildman–Crippen MR) is 256 cm³/mol. The second-order valence-corrected chi connectivity index (χ2v) is 16.1. The smallest absolute Gasteiger partial charge is 0.662 e. The molecule has 368 valence electrons. The summed E-state index contributed by atoms with van der Waals surface area (Å²) in [5.41, 5.74) is 1.37. The molecule has 0 bridgehead atoms. The summed E-state index contributed by atoms with van der Waals surface area (Å²) in [6, 6.07) is 16.8. The molecule has 72 heavy (non-hydrogen) atoms. The van der Waals surface area contributed by atoms with Gasteiger partial charge in [0.1, 0.15) is 5.15 Å². The summed E-state index contributed by atoms with van der Waals surface area (Å²) in [7, 11) is 3.26. The van der Waals surface area contributed by atoms with Gasteiger partial charge in [0.25, 0.3) is 18.3 Å². The molecule has 0 radical (unpaired) electrons. The topological polar surface area (TPSA) is 265 Å². The van der Waals surface area contributed by atoms with E-state index in [4.69, 9.17) is 31.1 Å². The normalized spacial score (nSPS) is 17.1. The molecule has 3 aromatic heterocycles. The van der Waals surface area contributed by atoms with Crippen LogP contribution in [0.4, 0.5) is 0 Å². The first-order chi connectivity index (χ1) is 33.9. The van der Waals surface area contributed by atoms with Gasteiger partial charge in [-0.2, -0.15) is 5.10 Å². The average Bonchev–Trinajstić information content (AvgIpc) is 4.16. The van der Waals surface area contributed by atoms with Gasteiger partial charge in [-0.3, -0.25) is 19.4 Å². The van der Waals surface area contributed by atoms with Crippen molar-refractivity contribution in [3.63, 3.8) is 0 Å². The quantitative estimate of drug-likeness (QED) is 0.0523. The number of esters is 2. The number of carbonyl (C=O) groups excluding carboxylic acids is 5. The zero-order chi connectivity index (χ0) is 51.7. The number of likely N-dealkylation sites (N-methyl/N-ethyl adjacent to an activating group) is 2. The van der Waals surface area contributed by atoms with Gasteiger partial charge in [0.2, 0.25) is 11.2 Å². The number of allylic oxidation sites excluding steroid dienone is 1. The summed E-state index contributed by atoms with van der Waals surface area (Å²) in [6.07, 6.45) is 7.98. The van der Waals surface area contributed by atoms with Crippen molar-refractivity contribution in [2.75, 3.05) is 46.9 Å². The zero-order valence-electron chi connectivity index (χ0n) is 40.6. The Labute approximate surface area is 479 Å². The van der Waals surface area contributed by atoms with Crippen LogP contribution in [-0.2, 0) is 28.7 Å². The average molecular weight is 1120 g/mol. The number of halogens is 1. The van der Waals surface area contributed by atoms with Gasteiger partial charge in [-0.1, -0.05) is 65.6 Å². The summed E-state index contributed by atoms with van der Waals surface area (Å²) >= 11 is 6.02. The van der Waals surface area contributed by atoms with Crippen LogP contribution in [0.15, 0.2) is 89.7 Å². The van der Waals surface area contributed by atoms with Gasteiger partial charge in [0.05, 0.1) is 26.0 Å². The molecule has 2 N–H and O–H groups in total. The Kier molecular flexibility index (Phi) is 22.5. The van der Waals surface area contributed by atoms with Crippen LogP contribution in [-0.4, -0.2) is 144 Å². The number of aryl methyl sites for hydroxylation is 1. The van der Waals surface area contributed by atoms with E-state index in [9.17, 15) is 29.4 Å². The number of hydrogen-bond donors (Lipinski definition) is 2. The number of benzene rings is 2. The van der Waals surface area contributed by atoms with E-state index >= 15 is 0 Å².